The second kappa shape index (κ2) is 11.3. The van der Waals surface area contributed by atoms with Crippen LogP contribution < -0.4 is 0 Å². The number of nitrogens with zero attached hydrogens (tertiary/aromatic N) is 4. The molecule has 0 aliphatic rings. The highest BCUT2D eigenvalue weighted by Gasteiger charge is 2.11. The molecule has 0 aliphatic carbocycles. The highest BCUT2D eigenvalue weighted by molar-refractivity contribution is 14.1. The van der Waals surface area contributed by atoms with Gasteiger partial charge in [-0.25, -0.2) is 9.97 Å². The highest BCUT2D eigenvalue weighted by Crippen LogP contribution is 2.35. The van der Waals surface area contributed by atoms with Gasteiger partial charge < -0.3 is 0 Å². The van der Waals surface area contributed by atoms with E-state index in [1.165, 1.54) is 5.57 Å². The lowest BCUT2D eigenvalue weighted by Crippen LogP contribution is -1.94. The van der Waals surface area contributed by atoms with E-state index >= 15 is 0 Å². The number of hydrogen-bond acceptors (Lipinski definition) is 5. The third-order valence-corrected chi connectivity index (χ3v) is 6.26. The first-order chi connectivity index (χ1) is 13.9. The summed E-state index contributed by atoms with van der Waals surface area (Å²) in [7, 11) is 0. The lowest BCUT2D eigenvalue weighted by Gasteiger charge is -2.10. The number of aromatic nitrogens is 2. The van der Waals surface area contributed by atoms with E-state index in [0.29, 0.717) is 11.4 Å². The summed E-state index contributed by atoms with van der Waals surface area (Å²) in [4.78, 5) is 15.8. The maximum atomic E-state index is 9.32. The summed E-state index contributed by atoms with van der Waals surface area (Å²) in [5.74, 6) is 0.668. The lowest BCUT2D eigenvalue weighted by molar-refractivity contribution is 1.04. The lowest BCUT2D eigenvalue weighted by atomic mass is 10.1. The zero-order chi connectivity index (χ0) is 21.4. The van der Waals surface area contributed by atoms with Crippen LogP contribution in [0.1, 0.15) is 52.2 Å². The molecule has 0 aliphatic heterocycles. The Hall–Kier alpha value is -1.98. The molecule has 1 heterocycles. The molecule has 4 nitrogen and oxygen atoms in total. The molecule has 0 amide bonds. The van der Waals surface area contributed by atoms with Gasteiger partial charge in [-0.1, -0.05) is 46.8 Å². The molecule has 0 saturated heterocycles. The van der Waals surface area contributed by atoms with Gasteiger partial charge in [0.15, 0.2) is 5.82 Å². The maximum Gasteiger partial charge on any atom is 0.160 e. The topological polar surface area (TPSA) is 61.9 Å². The SMILES string of the molecule is CC/C(C)=C(C)/N=C(C)\C=C(/C)Sc1cc(C#N)ccc1-c1ncc(CI)cn1. The zero-order valence-corrected chi connectivity index (χ0v) is 20.4. The molecule has 1 aromatic carbocycles. The van der Waals surface area contributed by atoms with Crippen molar-refractivity contribution in [3.8, 4) is 17.5 Å². The Morgan fingerprint density at radius 3 is 2.48 bits per heavy atom. The van der Waals surface area contributed by atoms with Crippen LogP contribution in [-0.4, -0.2) is 15.7 Å². The molecular weight excluding hydrogens is 491 g/mol. The van der Waals surface area contributed by atoms with Crippen LogP contribution in [0.25, 0.3) is 11.4 Å². The van der Waals surface area contributed by atoms with Gasteiger partial charge in [0.1, 0.15) is 0 Å². The van der Waals surface area contributed by atoms with Crippen molar-refractivity contribution in [1.29, 1.82) is 5.26 Å². The number of alkyl halides is 1. The van der Waals surface area contributed by atoms with E-state index in [-0.39, 0.29) is 0 Å². The number of thioether (sulfide) groups is 1. The van der Waals surface area contributed by atoms with Crippen molar-refractivity contribution < 1.29 is 0 Å². The number of allylic oxidation sites excluding steroid dienone is 4. The van der Waals surface area contributed by atoms with Crippen LogP contribution in [0.2, 0.25) is 0 Å². The smallest absolute Gasteiger partial charge is 0.160 e. The fourth-order valence-electron chi connectivity index (χ4n) is 2.57. The van der Waals surface area contributed by atoms with E-state index in [4.69, 9.17) is 4.99 Å². The Kier molecular flexibility index (Phi) is 9.05. The molecule has 0 N–H and O–H groups in total. The molecule has 0 unspecified atom stereocenters. The molecule has 150 valence electrons. The van der Waals surface area contributed by atoms with Crippen LogP contribution in [-0.2, 0) is 4.43 Å². The first kappa shape index (κ1) is 23.3. The van der Waals surface area contributed by atoms with Crippen molar-refractivity contribution in [2.75, 3.05) is 0 Å². The van der Waals surface area contributed by atoms with Gasteiger partial charge in [0, 0.05) is 38.7 Å². The van der Waals surface area contributed by atoms with Crippen LogP contribution >= 0.6 is 34.4 Å². The van der Waals surface area contributed by atoms with E-state index in [9.17, 15) is 5.26 Å². The third kappa shape index (κ3) is 6.79. The molecular formula is C23H25IN4S. The largest absolute Gasteiger partial charge is 0.259 e. The monoisotopic (exact) mass is 516 g/mol. The van der Waals surface area contributed by atoms with Crippen molar-refractivity contribution in [3.05, 3.63) is 64.0 Å². The second-order valence-electron chi connectivity index (χ2n) is 6.70. The molecule has 1 aromatic heterocycles. The summed E-state index contributed by atoms with van der Waals surface area (Å²) in [5, 5.41) is 9.32. The predicted molar refractivity (Wildman–Crippen MR) is 131 cm³/mol. The number of aliphatic imine (C=N–C) groups is 1. The Balaban J connectivity index is 2.37. The van der Waals surface area contributed by atoms with Gasteiger partial charge >= 0.3 is 0 Å². The number of benzene rings is 1. The predicted octanol–water partition coefficient (Wildman–Crippen LogP) is 7.11. The standard InChI is InChI=1S/C23H25IN4S/c1-6-15(2)18(5)28-16(3)9-17(4)29-22-10-19(12-25)7-8-21(22)23-26-13-20(11-24)14-27-23/h7-10,13-14H,6,11H2,1-5H3/b17-9+,18-15+,28-16-. The Bertz CT molecular complexity index is 999. The summed E-state index contributed by atoms with van der Waals surface area (Å²) < 4.78 is 0.874. The van der Waals surface area contributed by atoms with Gasteiger partial charge in [0.25, 0.3) is 0 Å². The summed E-state index contributed by atoms with van der Waals surface area (Å²) in [5.41, 5.74) is 5.95. The van der Waals surface area contributed by atoms with E-state index < -0.39 is 0 Å². The van der Waals surface area contributed by atoms with E-state index in [1.807, 2.05) is 44.4 Å². The fraction of sp³-hybridized carbons (Fsp3) is 0.304. The average Bonchev–Trinajstić information content (AvgIpc) is 2.72. The zero-order valence-electron chi connectivity index (χ0n) is 17.5. The van der Waals surface area contributed by atoms with Crippen molar-refractivity contribution in [3.63, 3.8) is 0 Å². The number of nitriles is 1. The first-order valence-corrected chi connectivity index (χ1v) is 11.7. The molecule has 29 heavy (non-hydrogen) atoms. The van der Waals surface area contributed by atoms with E-state index in [1.54, 1.807) is 11.8 Å². The summed E-state index contributed by atoms with van der Waals surface area (Å²) in [6.45, 7) is 10.4. The highest BCUT2D eigenvalue weighted by atomic mass is 127. The molecule has 0 atom stereocenters. The average molecular weight is 516 g/mol. The summed E-state index contributed by atoms with van der Waals surface area (Å²) in [6.07, 6.45) is 6.78. The molecule has 0 radical (unpaired) electrons. The molecule has 0 fully saturated rings. The van der Waals surface area contributed by atoms with Crippen LogP contribution in [0.5, 0.6) is 0 Å². The number of hydrogen-bond donors (Lipinski definition) is 0. The van der Waals surface area contributed by atoms with Crippen molar-refractivity contribution in [2.24, 2.45) is 4.99 Å². The number of halogens is 1. The van der Waals surface area contributed by atoms with Crippen LogP contribution in [0.4, 0.5) is 0 Å². The molecule has 2 aromatic rings. The minimum absolute atomic E-state index is 0.621. The van der Waals surface area contributed by atoms with Gasteiger partial charge in [0.05, 0.1) is 11.6 Å². The Labute approximate surface area is 191 Å². The summed E-state index contributed by atoms with van der Waals surface area (Å²) >= 11 is 3.90. The van der Waals surface area contributed by atoms with E-state index in [0.717, 1.165) is 43.2 Å². The normalized spacial score (nSPS) is 13.1. The van der Waals surface area contributed by atoms with E-state index in [2.05, 4.69) is 65.5 Å². The summed E-state index contributed by atoms with van der Waals surface area (Å²) in [6, 6.07) is 7.84. The van der Waals surface area contributed by atoms with Gasteiger partial charge in [-0.15, -0.1) is 0 Å². The first-order valence-electron chi connectivity index (χ1n) is 9.37. The Morgan fingerprint density at radius 1 is 1.21 bits per heavy atom. The molecule has 6 heteroatoms. The number of rotatable bonds is 7. The Morgan fingerprint density at radius 2 is 1.90 bits per heavy atom. The van der Waals surface area contributed by atoms with Gasteiger partial charge in [-0.05, 0) is 68.9 Å². The van der Waals surface area contributed by atoms with Crippen molar-refractivity contribution >= 4 is 40.1 Å². The van der Waals surface area contributed by atoms with Crippen LogP contribution in [0.3, 0.4) is 0 Å². The minimum Gasteiger partial charge on any atom is -0.259 e. The van der Waals surface area contributed by atoms with Gasteiger partial charge in [0.2, 0.25) is 0 Å². The quantitative estimate of drug-likeness (QED) is 0.170. The van der Waals surface area contributed by atoms with Crippen molar-refractivity contribution in [2.45, 2.75) is 50.4 Å². The van der Waals surface area contributed by atoms with Crippen LogP contribution in [0.15, 0.2) is 62.7 Å². The maximum absolute atomic E-state index is 9.32. The second-order valence-corrected chi connectivity index (χ2v) is 8.75. The minimum atomic E-state index is 0.621. The fourth-order valence-corrected chi connectivity index (χ4v) is 3.99. The van der Waals surface area contributed by atoms with Crippen molar-refractivity contribution in [1.82, 2.24) is 9.97 Å². The van der Waals surface area contributed by atoms with Crippen LogP contribution in [0, 0.1) is 11.3 Å². The van der Waals surface area contributed by atoms with Gasteiger partial charge in [-0.3, -0.25) is 4.99 Å². The molecule has 0 bridgehead atoms. The molecule has 0 saturated carbocycles. The molecule has 2 rings (SSSR count). The molecule has 0 spiro atoms. The third-order valence-electron chi connectivity index (χ3n) is 4.39. The van der Waals surface area contributed by atoms with Gasteiger partial charge in [-0.2, -0.15) is 5.26 Å².